The Labute approximate surface area is 123 Å². The van der Waals surface area contributed by atoms with Crippen molar-refractivity contribution in [1.29, 1.82) is 5.26 Å². The number of benzene rings is 2. The van der Waals surface area contributed by atoms with Gasteiger partial charge in [0, 0.05) is 4.47 Å². The molecule has 1 N–H and O–H groups in total. The van der Waals surface area contributed by atoms with Crippen molar-refractivity contribution in [3.8, 4) is 6.07 Å². The van der Waals surface area contributed by atoms with E-state index in [0.717, 1.165) is 4.47 Å². The van der Waals surface area contributed by atoms with Crippen molar-refractivity contribution in [2.24, 2.45) is 0 Å². The highest BCUT2D eigenvalue weighted by Gasteiger charge is 2.10. The summed E-state index contributed by atoms with van der Waals surface area (Å²) in [7, 11) is 0. The minimum atomic E-state index is 0.506. The van der Waals surface area contributed by atoms with Gasteiger partial charge in [0.05, 0.1) is 27.0 Å². The van der Waals surface area contributed by atoms with Gasteiger partial charge in [0.25, 0.3) is 0 Å². The number of halogens is 3. The van der Waals surface area contributed by atoms with E-state index in [1.54, 1.807) is 30.3 Å². The van der Waals surface area contributed by atoms with E-state index in [-0.39, 0.29) is 0 Å². The lowest BCUT2D eigenvalue weighted by Gasteiger charge is -2.12. The van der Waals surface area contributed by atoms with Gasteiger partial charge in [0.1, 0.15) is 6.07 Å². The van der Waals surface area contributed by atoms with E-state index in [0.29, 0.717) is 27.0 Å². The van der Waals surface area contributed by atoms with Gasteiger partial charge in [-0.05, 0) is 40.2 Å². The monoisotopic (exact) mass is 340 g/mol. The summed E-state index contributed by atoms with van der Waals surface area (Å²) in [4.78, 5) is 0. The van der Waals surface area contributed by atoms with E-state index in [1.165, 1.54) is 0 Å². The minimum Gasteiger partial charge on any atom is -0.352 e. The minimum absolute atomic E-state index is 0.506. The van der Waals surface area contributed by atoms with E-state index in [4.69, 9.17) is 28.5 Å². The van der Waals surface area contributed by atoms with Crippen LogP contribution in [0.5, 0.6) is 0 Å². The Hall–Kier alpha value is -1.21. The quantitative estimate of drug-likeness (QED) is 0.796. The molecule has 0 aliphatic rings. The molecule has 0 saturated carbocycles. The van der Waals surface area contributed by atoms with Gasteiger partial charge in [-0.1, -0.05) is 35.3 Å². The summed E-state index contributed by atoms with van der Waals surface area (Å²) in [6.07, 6.45) is 0. The van der Waals surface area contributed by atoms with Gasteiger partial charge in [-0.25, -0.2) is 0 Å². The van der Waals surface area contributed by atoms with E-state index in [1.807, 2.05) is 6.07 Å². The standard InChI is InChI=1S/C13H7BrCl2N2/c14-9-3-1-6-12(8(9)7-17)18-13-10(15)4-2-5-11(13)16/h1-6,18H. The second-order valence-electron chi connectivity index (χ2n) is 3.50. The molecule has 0 aromatic heterocycles. The summed E-state index contributed by atoms with van der Waals surface area (Å²) in [6.45, 7) is 0. The van der Waals surface area contributed by atoms with E-state index < -0.39 is 0 Å². The molecule has 0 aliphatic heterocycles. The summed E-state index contributed by atoms with van der Waals surface area (Å²) < 4.78 is 0.721. The first-order chi connectivity index (χ1) is 8.63. The molecular formula is C13H7BrCl2N2. The number of rotatable bonds is 2. The smallest absolute Gasteiger partial charge is 0.103 e. The zero-order chi connectivity index (χ0) is 13.1. The van der Waals surface area contributed by atoms with Crippen LogP contribution in [-0.4, -0.2) is 0 Å². The first kappa shape index (κ1) is 13.2. The van der Waals surface area contributed by atoms with Crippen LogP contribution < -0.4 is 5.32 Å². The lowest BCUT2D eigenvalue weighted by Crippen LogP contribution is -1.95. The van der Waals surface area contributed by atoms with Gasteiger partial charge < -0.3 is 5.32 Å². The molecular weight excluding hydrogens is 335 g/mol. The Morgan fingerprint density at radius 2 is 1.67 bits per heavy atom. The van der Waals surface area contributed by atoms with Gasteiger partial charge in [0.15, 0.2) is 0 Å². The summed E-state index contributed by atoms with van der Waals surface area (Å²) in [6, 6.07) is 12.8. The molecule has 18 heavy (non-hydrogen) atoms. The molecule has 2 aromatic rings. The molecule has 5 heteroatoms. The number of para-hydroxylation sites is 1. The Morgan fingerprint density at radius 3 is 2.28 bits per heavy atom. The van der Waals surface area contributed by atoms with Crippen molar-refractivity contribution in [3.63, 3.8) is 0 Å². The topological polar surface area (TPSA) is 35.8 Å². The molecule has 0 amide bonds. The van der Waals surface area contributed by atoms with E-state index in [2.05, 4.69) is 27.3 Å². The predicted molar refractivity (Wildman–Crippen MR) is 78.6 cm³/mol. The fraction of sp³-hybridized carbons (Fsp3) is 0. The zero-order valence-electron chi connectivity index (χ0n) is 9.05. The largest absolute Gasteiger partial charge is 0.352 e. The second kappa shape index (κ2) is 5.62. The summed E-state index contributed by atoms with van der Waals surface area (Å²) in [5, 5.41) is 13.2. The highest BCUT2D eigenvalue weighted by Crippen LogP contribution is 2.34. The van der Waals surface area contributed by atoms with Crippen LogP contribution in [0.4, 0.5) is 11.4 Å². The lowest BCUT2D eigenvalue weighted by atomic mass is 10.2. The summed E-state index contributed by atoms with van der Waals surface area (Å²) in [5.41, 5.74) is 1.76. The Kier molecular flexibility index (Phi) is 4.13. The number of hydrogen-bond acceptors (Lipinski definition) is 2. The van der Waals surface area contributed by atoms with Crippen LogP contribution in [0, 0.1) is 11.3 Å². The third kappa shape index (κ3) is 2.62. The number of hydrogen-bond donors (Lipinski definition) is 1. The Bertz CT molecular complexity index is 615. The molecule has 90 valence electrons. The molecule has 0 atom stereocenters. The molecule has 2 nitrogen and oxygen atoms in total. The number of nitriles is 1. The maximum atomic E-state index is 9.13. The Balaban J connectivity index is 2.48. The second-order valence-corrected chi connectivity index (χ2v) is 5.16. The highest BCUT2D eigenvalue weighted by molar-refractivity contribution is 9.10. The molecule has 0 fully saturated rings. The van der Waals surface area contributed by atoms with Gasteiger partial charge >= 0.3 is 0 Å². The van der Waals surface area contributed by atoms with Crippen LogP contribution in [0.15, 0.2) is 40.9 Å². The van der Waals surface area contributed by atoms with E-state index in [9.17, 15) is 0 Å². The summed E-state index contributed by atoms with van der Waals surface area (Å²) >= 11 is 15.5. The number of anilines is 2. The van der Waals surface area contributed by atoms with Crippen LogP contribution in [0.3, 0.4) is 0 Å². The maximum Gasteiger partial charge on any atom is 0.103 e. The average Bonchev–Trinajstić information content (AvgIpc) is 2.34. The lowest BCUT2D eigenvalue weighted by molar-refractivity contribution is 1.44. The third-order valence-corrected chi connectivity index (χ3v) is 3.64. The van der Waals surface area contributed by atoms with Gasteiger partial charge in [-0.15, -0.1) is 0 Å². The zero-order valence-corrected chi connectivity index (χ0v) is 12.1. The van der Waals surface area contributed by atoms with Crippen molar-refractivity contribution in [3.05, 3.63) is 56.5 Å². The number of nitrogens with one attached hydrogen (secondary N) is 1. The van der Waals surface area contributed by atoms with Crippen molar-refractivity contribution < 1.29 is 0 Å². The summed E-state index contributed by atoms with van der Waals surface area (Å²) in [5.74, 6) is 0. The molecule has 0 bridgehead atoms. The first-order valence-corrected chi connectivity index (χ1v) is 6.58. The van der Waals surface area contributed by atoms with Crippen LogP contribution >= 0.6 is 39.1 Å². The van der Waals surface area contributed by atoms with Crippen molar-refractivity contribution in [2.45, 2.75) is 0 Å². The molecule has 0 heterocycles. The van der Waals surface area contributed by atoms with Crippen molar-refractivity contribution in [2.75, 3.05) is 5.32 Å². The SMILES string of the molecule is N#Cc1c(Br)cccc1Nc1c(Cl)cccc1Cl. The molecule has 0 spiro atoms. The van der Waals surface area contributed by atoms with Crippen molar-refractivity contribution in [1.82, 2.24) is 0 Å². The van der Waals surface area contributed by atoms with Crippen LogP contribution in [0.2, 0.25) is 10.0 Å². The third-order valence-electron chi connectivity index (χ3n) is 2.35. The maximum absolute atomic E-state index is 9.13. The van der Waals surface area contributed by atoms with Crippen LogP contribution in [0.1, 0.15) is 5.56 Å². The van der Waals surface area contributed by atoms with E-state index >= 15 is 0 Å². The fourth-order valence-electron chi connectivity index (χ4n) is 1.49. The predicted octanol–water partition coefficient (Wildman–Crippen LogP) is 5.37. The number of nitrogens with zero attached hydrogens (tertiary/aromatic N) is 1. The molecule has 2 aromatic carbocycles. The van der Waals surface area contributed by atoms with Gasteiger partial charge in [0.2, 0.25) is 0 Å². The Morgan fingerprint density at radius 1 is 1.06 bits per heavy atom. The van der Waals surface area contributed by atoms with Gasteiger partial charge in [-0.3, -0.25) is 0 Å². The van der Waals surface area contributed by atoms with Crippen molar-refractivity contribution >= 4 is 50.5 Å². The highest BCUT2D eigenvalue weighted by atomic mass is 79.9. The molecule has 2 rings (SSSR count). The van der Waals surface area contributed by atoms with Crippen LogP contribution in [0.25, 0.3) is 0 Å². The molecule has 0 radical (unpaired) electrons. The molecule has 0 saturated heterocycles. The molecule has 0 unspecified atom stereocenters. The molecule has 0 aliphatic carbocycles. The van der Waals surface area contributed by atoms with Gasteiger partial charge in [-0.2, -0.15) is 5.26 Å². The first-order valence-electron chi connectivity index (χ1n) is 5.03. The normalized spacial score (nSPS) is 9.89. The fourth-order valence-corrected chi connectivity index (χ4v) is 2.44. The van der Waals surface area contributed by atoms with Crippen LogP contribution in [-0.2, 0) is 0 Å². The average molecular weight is 342 g/mol.